The first-order chi connectivity index (χ1) is 19.2. The van der Waals surface area contributed by atoms with Crippen LogP contribution < -0.4 is 20.1 Å². The van der Waals surface area contributed by atoms with Gasteiger partial charge in [0.15, 0.2) is 5.78 Å². The smallest absolute Gasteiger partial charge is 0.417 e. The number of carbonyl (C=O) groups is 4. The minimum atomic E-state index is -4.66. The highest BCUT2D eigenvalue weighted by molar-refractivity contribution is 8.00. The van der Waals surface area contributed by atoms with Gasteiger partial charge in [-0.1, -0.05) is 37.2 Å². The van der Waals surface area contributed by atoms with E-state index < -0.39 is 65.5 Å². The third-order valence-electron chi connectivity index (χ3n) is 5.67. The van der Waals surface area contributed by atoms with E-state index in [1.165, 1.54) is 14.2 Å². The minimum Gasteiger partial charge on any atom is -0.497 e. The van der Waals surface area contributed by atoms with Crippen molar-refractivity contribution in [3.05, 3.63) is 46.6 Å². The lowest BCUT2D eigenvalue weighted by atomic mass is 10.0. The van der Waals surface area contributed by atoms with E-state index in [-0.39, 0.29) is 16.5 Å². The van der Waals surface area contributed by atoms with E-state index in [9.17, 15) is 37.5 Å². The first-order valence-electron chi connectivity index (χ1n) is 12.1. The molecule has 2 rings (SSSR count). The number of halogens is 4. The lowest BCUT2D eigenvalue weighted by Crippen LogP contribution is -2.54. The number of methoxy groups -OCH3 is 2. The second kappa shape index (κ2) is 14.9. The topological polar surface area (TPSA) is 144 Å². The lowest BCUT2D eigenvalue weighted by molar-refractivity contribution is -0.140. The number of hydrogen-bond acceptors (Lipinski definition) is 8. The predicted octanol–water partition coefficient (Wildman–Crippen LogP) is 3.78. The molecule has 0 spiro atoms. The molecule has 1 aromatic carbocycles. The summed E-state index contributed by atoms with van der Waals surface area (Å²) in [6, 6.07) is 2.94. The van der Waals surface area contributed by atoms with E-state index in [0.29, 0.717) is 41.1 Å². The molecule has 2 amide bonds. The lowest BCUT2D eigenvalue weighted by Gasteiger charge is -2.25. The maximum atomic E-state index is 13.1. The molecule has 2 unspecified atom stereocenters. The quantitative estimate of drug-likeness (QED) is 0.269. The van der Waals surface area contributed by atoms with Gasteiger partial charge >= 0.3 is 12.1 Å². The Balaban J connectivity index is 2.12. The van der Waals surface area contributed by atoms with Crippen LogP contribution in [0.3, 0.4) is 0 Å². The summed E-state index contributed by atoms with van der Waals surface area (Å²) in [7, 11) is 2.90. The van der Waals surface area contributed by atoms with E-state index in [1.54, 1.807) is 32.0 Å². The molecule has 0 saturated heterocycles. The summed E-state index contributed by atoms with van der Waals surface area (Å²) in [5.74, 6) is -3.41. The Morgan fingerprint density at radius 2 is 1.78 bits per heavy atom. The van der Waals surface area contributed by atoms with Gasteiger partial charge in [-0.25, -0.2) is 4.98 Å². The summed E-state index contributed by atoms with van der Waals surface area (Å²) in [4.78, 5) is 53.8. The van der Waals surface area contributed by atoms with E-state index in [2.05, 4.69) is 15.6 Å². The van der Waals surface area contributed by atoms with Gasteiger partial charge in [0.05, 0.1) is 49.4 Å². The number of carbonyl (C=O) groups excluding carboxylic acids is 3. The molecular weight excluding hydrogens is 591 g/mol. The van der Waals surface area contributed by atoms with Crippen LogP contribution in [0.1, 0.15) is 31.4 Å². The molecule has 1 aromatic heterocycles. The Labute approximate surface area is 243 Å². The molecule has 0 aliphatic carbocycles. The number of amides is 2. The fourth-order valence-corrected chi connectivity index (χ4v) is 4.69. The van der Waals surface area contributed by atoms with E-state index in [0.717, 1.165) is 0 Å². The number of hydrogen-bond donors (Lipinski definition) is 3. The molecular formula is C26H29ClF3N3O7S. The average Bonchev–Trinajstić information content (AvgIpc) is 2.89. The molecule has 10 nitrogen and oxygen atoms in total. The highest BCUT2D eigenvalue weighted by Crippen LogP contribution is 2.33. The summed E-state index contributed by atoms with van der Waals surface area (Å²) in [5, 5.41) is 13.9. The molecule has 0 bridgehead atoms. The average molecular weight is 620 g/mol. The number of aromatic nitrogens is 1. The molecule has 1 heterocycles. The first kappa shape index (κ1) is 33.7. The number of carboxylic acids is 1. The van der Waals surface area contributed by atoms with Gasteiger partial charge in [-0.3, -0.25) is 19.2 Å². The first-order valence-corrected chi connectivity index (χ1v) is 13.4. The molecule has 15 heteroatoms. The second-order valence-electron chi connectivity index (χ2n) is 9.07. The summed E-state index contributed by atoms with van der Waals surface area (Å²) in [5.41, 5.74) is -0.570. The zero-order valence-electron chi connectivity index (χ0n) is 22.5. The third-order valence-corrected chi connectivity index (χ3v) is 7.10. The van der Waals surface area contributed by atoms with Gasteiger partial charge in [-0.15, -0.1) is 0 Å². The Kier molecular flexibility index (Phi) is 12.3. The van der Waals surface area contributed by atoms with Crippen LogP contribution in [0.4, 0.5) is 13.2 Å². The molecule has 0 aliphatic heterocycles. The molecule has 0 saturated carbocycles. The Morgan fingerprint density at radius 3 is 2.32 bits per heavy atom. The zero-order valence-corrected chi connectivity index (χ0v) is 24.1. The Bertz CT molecular complexity index is 1280. The van der Waals surface area contributed by atoms with Gasteiger partial charge in [-0.2, -0.15) is 13.2 Å². The number of thioether (sulfide) groups is 1. The van der Waals surface area contributed by atoms with Crippen LogP contribution in [0.5, 0.6) is 11.5 Å². The van der Waals surface area contributed by atoms with Gasteiger partial charge in [0.2, 0.25) is 11.8 Å². The number of benzene rings is 1. The number of ketones is 1. The molecule has 2 atom stereocenters. The summed E-state index contributed by atoms with van der Waals surface area (Å²) in [6.45, 7) is 3.30. The maximum Gasteiger partial charge on any atom is 0.417 e. The fourth-order valence-electron chi connectivity index (χ4n) is 3.56. The summed E-state index contributed by atoms with van der Waals surface area (Å²) < 4.78 is 49.0. The van der Waals surface area contributed by atoms with E-state index >= 15 is 0 Å². The number of pyridine rings is 1. The number of rotatable bonds is 14. The number of alkyl halides is 3. The Morgan fingerprint density at radius 1 is 1.10 bits per heavy atom. The van der Waals surface area contributed by atoms with Gasteiger partial charge < -0.3 is 25.2 Å². The largest absolute Gasteiger partial charge is 0.497 e. The fraction of sp³-hybridized carbons (Fsp3) is 0.423. The van der Waals surface area contributed by atoms with Crippen molar-refractivity contribution < 1.29 is 46.9 Å². The third kappa shape index (κ3) is 10.1. The van der Waals surface area contributed by atoms with E-state index in [4.69, 9.17) is 21.1 Å². The van der Waals surface area contributed by atoms with Crippen molar-refractivity contribution in [2.24, 2.45) is 5.92 Å². The van der Waals surface area contributed by atoms with Crippen molar-refractivity contribution in [1.82, 2.24) is 15.6 Å². The van der Waals surface area contributed by atoms with Crippen LogP contribution in [0.2, 0.25) is 5.02 Å². The molecule has 41 heavy (non-hydrogen) atoms. The Hall–Kier alpha value is -3.52. The number of nitrogens with zero attached hydrogens (tertiary/aromatic N) is 1. The van der Waals surface area contributed by atoms with Crippen molar-refractivity contribution >= 4 is 46.9 Å². The van der Waals surface area contributed by atoms with Crippen LogP contribution in [-0.4, -0.2) is 65.7 Å². The highest BCUT2D eigenvalue weighted by Gasteiger charge is 2.33. The number of ether oxygens (including phenoxy) is 2. The monoisotopic (exact) mass is 619 g/mol. The van der Waals surface area contributed by atoms with Crippen molar-refractivity contribution in [2.75, 3.05) is 20.0 Å². The number of Topliss-reactive ketones (excluding diaryl/α,β-unsaturated/α-hetero) is 1. The number of carboxylic acid groups (broad SMARTS) is 1. The normalized spacial score (nSPS) is 12.8. The molecule has 3 N–H and O–H groups in total. The SMILES string of the molecule is COc1ccc(OC)c(CC(=O)NC(C(=O)NC(CC(=O)O)C(=O)CSc2ncc(C(F)(F)F)cc2Cl)C(C)C)c1. The zero-order chi connectivity index (χ0) is 30.9. The summed E-state index contributed by atoms with van der Waals surface area (Å²) >= 11 is 6.57. The standard InChI is InChI=1S/C26H29ClF3N3O7S/c1-13(2)23(33-21(35)8-14-7-16(39-3)5-6-20(14)40-4)24(38)32-18(10-22(36)37)19(34)12-41-25-17(27)9-15(11-31-25)26(28,29)30/h5-7,9,11,13,18,23H,8,10,12H2,1-4H3,(H,32,38)(H,33,35)(H,36,37). The van der Waals surface area contributed by atoms with E-state index in [1.807, 2.05) is 0 Å². The van der Waals surface area contributed by atoms with Gasteiger partial charge in [-0.05, 0) is 30.2 Å². The van der Waals surface area contributed by atoms with Crippen molar-refractivity contribution in [3.63, 3.8) is 0 Å². The van der Waals surface area contributed by atoms with Crippen molar-refractivity contribution in [1.29, 1.82) is 0 Å². The van der Waals surface area contributed by atoms with Crippen molar-refractivity contribution in [2.45, 2.75) is 50.0 Å². The summed E-state index contributed by atoms with van der Waals surface area (Å²) in [6.07, 6.45) is -5.02. The van der Waals surface area contributed by atoms with Crippen LogP contribution in [-0.2, 0) is 31.8 Å². The molecule has 0 aliphatic rings. The number of aliphatic carboxylic acids is 1. The minimum absolute atomic E-state index is 0.0753. The van der Waals surface area contributed by atoms with Crippen LogP contribution in [0.15, 0.2) is 35.5 Å². The highest BCUT2D eigenvalue weighted by atomic mass is 35.5. The molecule has 0 radical (unpaired) electrons. The van der Waals surface area contributed by atoms with Crippen LogP contribution in [0.25, 0.3) is 0 Å². The predicted molar refractivity (Wildman–Crippen MR) is 144 cm³/mol. The van der Waals surface area contributed by atoms with Crippen molar-refractivity contribution in [3.8, 4) is 11.5 Å². The second-order valence-corrected chi connectivity index (χ2v) is 10.4. The molecule has 2 aromatic rings. The van der Waals surface area contributed by atoms with Crippen LogP contribution in [0, 0.1) is 5.92 Å². The molecule has 0 fully saturated rings. The molecule has 224 valence electrons. The maximum absolute atomic E-state index is 13.1. The van der Waals surface area contributed by atoms with Gasteiger partial charge in [0.1, 0.15) is 22.6 Å². The van der Waals surface area contributed by atoms with Gasteiger partial charge in [0.25, 0.3) is 0 Å². The number of nitrogens with one attached hydrogen (secondary N) is 2. The van der Waals surface area contributed by atoms with Crippen LogP contribution >= 0.6 is 23.4 Å². The van der Waals surface area contributed by atoms with Gasteiger partial charge in [0, 0.05) is 11.8 Å².